The number of hydrogen-bond donors (Lipinski definition) is 4. The highest BCUT2D eigenvalue weighted by Gasteiger charge is 2.25. The third-order valence-corrected chi connectivity index (χ3v) is 6.58. The van der Waals surface area contributed by atoms with Gasteiger partial charge in [0.2, 0.25) is 5.95 Å². The molecule has 196 valence electrons. The van der Waals surface area contributed by atoms with E-state index in [-0.39, 0.29) is 0 Å². The smallest absolute Gasteiger partial charge is 0.228 e. The number of rotatable bonds is 11. The van der Waals surface area contributed by atoms with Crippen LogP contribution in [0.1, 0.15) is 44.4 Å². The Kier molecular flexibility index (Phi) is 9.43. The Morgan fingerprint density at radius 1 is 1.22 bits per heavy atom. The van der Waals surface area contributed by atoms with E-state index in [0.717, 1.165) is 49.8 Å². The van der Waals surface area contributed by atoms with Crippen LogP contribution >= 0.6 is 0 Å². The van der Waals surface area contributed by atoms with Crippen LogP contribution in [0.4, 0.5) is 23.3 Å². The zero-order valence-electron chi connectivity index (χ0n) is 21.9. The number of ether oxygens (including phenoxy) is 1. The van der Waals surface area contributed by atoms with Gasteiger partial charge < -0.3 is 31.0 Å². The van der Waals surface area contributed by atoms with Crippen LogP contribution in [0.3, 0.4) is 0 Å². The molecular weight excluding hydrogens is 454 g/mol. The first kappa shape index (κ1) is 26.2. The zero-order valence-corrected chi connectivity index (χ0v) is 21.9. The highest BCUT2D eigenvalue weighted by molar-refractivity contribution is 6.05. The van der Waals surface area contributed by atoms with Crippen LogP contribution in [-0.2, 0) is 4.74 Å². The molecule has 36 heavy (non-hydrogen) atoms. The van der Waals surface area contributed by atoms with E-state index >= 15 is 0 Å². The maximum absolute atomic E-state index is 9.11. The lowest BCUT2D eigenvalue weighted by Gasteiger charge is -2.33. The first-order valence-corrected chi connectivity index (χ1v) is 13.2. The van der Waals surface area contributed by atoms with E-state index in [4.69, 9.17) is 20.1 Å². The number of likely N-dealkylation sites (tertiary alicyclic amines) is 1. The van der Waals surface area contributed by atoms with Crippen LogP contribution in [0, 0.1) is 12.3 Å². The molecule has 2 aromatic rings. The van der Waals surface area contributed by atoms with Crippen molar-refractivity contribution in [3.8, 4) is 0 Å². The SMILES string of the molecule is CCOCCNc1c(Nc2cc(C)ccn2)nc(N2CCN[C@H](C)C2)nc1C(=N)CN1CCCCC1. The van der Waals surface area contributed by atoms with Gasteiger partial charge in [0.25, 0.3) is 0 Å². The molecule has 0 aromatic carbocycles. The van der Waals surface area contributed by atoms with Crippen molar-refractivity contribution in [3.05, 3.63) is 29.6 Å². The fourth-order valence-corrected chi connectivity index (χ4v) is 4.71. The average Bonchev–Trinajstić information content (AvgIpc) is 2.87. The van der Waals surface area contributed by atoms with E-state index in [1.807, 2.05) is 26.0 Å². The number of nitrogens with one attached hydrogen (secondary N) is 4. The lowest BCUT2D eigenvalue weighted by molar-refractivity contribution is 0.158. The maximum atomic E-state index is 9.11. The lowest BCUT2D eigenvalue weighted by atomic mass is 10.1. The molecule has 0 aliphatic carbocycles. The number of pyridine rings is 1. The quantitative estimate of drug-likeness (QED) is 0.276. The van der Waals surface area contributed by atoms with Crippen molar-refractivity contribution in [2.75, 3.05) is 74.6 Å². The molecule has 2 fully saturated rings. The van der Waals surface area contributed by atoms with Crippen molar-refractivity contribution >= 4 is 29.0 Å². The lowest BCUT2D eigenvalue weighted by Crippen LogP contribution is -2.50. The van der Waals surface area contributed by atoms with E-state index in [2.05, 4.69) is 37.7 Å². The van der Waals surface area contributed by atoms with Crippen LogP contribution in [0.25, 0.3) is 0 Å². The number of hydrogen-bond acceptors (Lipinski definition) is 10. The van der Waals surface area contributed by atoms with Crippen molar-refractivity contribution in [1.82, 2.24) is 25.2 Å². The molecule has 0 saturated carbocycles. The summed E-state index contributed by atoms with van der Waals surface area (Å²) < 4.78 is 5.57. The number of aryl methyl sites for hydroxylation is 1. The molecule has 1 atom stereocenters. The number of anilines is 4. The minimum atomic E-state index is 0.345. The highest BCUT2D eigenvalue weighted by atomic mass is 16.5. The monoisotopic (exact) mass is 495 g/mol. The van der Waals surface area contributed by atoms with E-state index in [0.29, 0.717) is 55.5 Å². The molecule has 4 N–H and O–H groups in total. The zero-order chi connectivity index (χ0) is 25.3. The number of aromatic nitrogens is 3. The standard InChI is InChI=1S/C26H41N9O/c1-4-36-15-11-30-24-23(21(27)18-34-12-6-5-7-13-34)32-26(35-14-10-28-20(3)17-35)33-25(24)31-22-16-19(2)8-9-29-22/h8-9,16,20,27-28,30H,4-7,10-15,17-18H2,1-3H3,(H,29,31,32,33)/t20-/m1/s1. The molecule has 2 saturated heterocycles. The molecule has 2 aromatic heterocycles. The van der Waals surface area contributed by atoms with Crippen molar-refractivity contribution in [2.24, 2.45) is 0 Å². The molecule has 0 radical (unpaired) electrons. The molecular formula is C26H41N9O. The number of piperidine rings is 1. The maximum Gasteiger partial charge on any atom is 0.228 e. The normalized spacial score (nSPS) is 18.8. The summed E-state index contributed by atoms with van der Waals surface area (Å²) in [4.78, 5) is 19.0. The number of nitrogens with zero attached hydrogens (tertiary/aromatic N) is 5. The summed E-state index contributed by atoms with van der Waals surface area (Å²) in [7, 11) is 0. The highest BCUT2D eigenvalue weighted by Crippen LogP contribution is 2.30. The van der Waals surface area contributed by atoms with E-state index in [9.17, 15) is 0 Å². The van der Waals surface area contributed by atoms with Gasteiger partial charge in [0.1, 0.15) is 17.2 Å². The molecule has 10 heteroatoms. The summed E-state index contributed by atoms with van der Waals surface area (Å²) in [6.07, 6.45) is 5.43. The Morgan fingerprint density at radius 3 is 2.81 bits per heavy atom. The van der Waals surface area contributed by atoms with Gasteiger partial charge in [-0.05, 0) is 64.4 Å². The van der Waals surface area contributed by atoms with Gasteiger partial charge in [-0.2, -0.15) is 4.98 Å². The Labute approximate surface area is 214 Å². The van der Waals surface area contributed by atoms with Crippen LogP contribution in [-0.4, -0.2) is 90.6 Å². The average molecular weight is 496 g/mol. The van der Waals surface area contributed by atoms with Gasteiger partial charge in [0.15, 0.2) is 5.82 Å². The van der Waals surface area contributed by atoms with Gasteiger partial charge in [0, 0.05) is 51.6 Å². The largest absolute Gasteiger partial charge is 0.380 e. The Hall–Kier alpha value is -2.82. The topological polar surface area (TPSA) is 114 Å². The van der Waals surface area contributed by atoms with Crippen molar-refractivity contribution in [1.29, 1.82) is 5.41 Å². The van der Waals surface area contributed by atoms with E-state index in [1.165, 1.54) is 19.3 Å². The van der Waals surface area contributed by atoms with Gasteiger partial charge >= 0.3 is 0 Å². The van der Waals surface area contributed by atoms with Crippen LogP contribution < -0.4 is 20.9 Å². The third kappa shape index (κ3) is 7.11. The fourth-order valence-electron chi connectivity index (χ4n) is 4.71. The van der Waals surface area contributed by atoms with Crippen molar-refractivity contribution < 1.29 is 4.74 Å². The fraction of sp³-hybridized carbons (Fsp3) is 0.615. The molecule has 0 bridgehead atoms. The van der Waals surface area contributed by atoms with Gasteiger partial charge in [-0.1, -0.05) is 6.42 Å². The van der Waals surface area contributed by atoms with Gasteiger partial charge in [0.05, 0.1) is 12.3 Å². The summed E-state index contributed by atoms with van der Waals surface area (Å²) in [5, 5.41) is 19.5. The first-order valence-electron chi connectivity index (χ1n) is 13.2. The van der Waals surface area contributed by atoms with Crippen molar-refractivity contribution in [3.63, 3.8) is 0 Å². The summed E-state index contributed by atoms with van der Waals surface area (Å²) in [6.45, 7) is 13.2. The van der Waals surface area contributed by atoms with E-state index in [1.54, 1.807) is 6.20 Å². The summed E-state index contributed by atoms with van der Waals surface area (Å²) in [5.41, 5.74) is 2.99. The molecule has 2 aliphatic heterocycles. The third-order valence-electron chi connectivity index (χ3n) is 6.58. The van der Waals surface area contributed by atoms with E-state index < -0.39 is 0 Å². The molecule has 4 heterocycles. The molecule has 0 unspecified atom stereocenters. The minimum Gasteiger partial charge on any atom is -0.380 e. The summed E-state index contributed by atoms with van der Waals surface area (Å²) in [5.74, 6) is 2.00. The second-order valence-corrected chi connectivity index (χ2v) is 9.68. The molecule has 10 nitrogen and oxygen atoms in total. The minimum absolute atomic E-state index is 0.345. The van der Waals surface area contributed by atoms with Gasteiger partial charge in [-0.3, -0.25) is 4.90 Å². The Morgan fingerprint density at radius 2 is 2.06 bits per heavy atom. The van der Waals surface area contributed by atoms with Gasteiger partial charge in [-0.25, -0.2) is 9.97 Å². The predicted octanol–water partition coefficient (Wildman–Crippen LogP) is 3.02. The molecule has 0 amide bonds. The predicted molar refractivity (Wildman–Crippen MR) is 146 cm³/mol. The first-order chi connectivity index (χ1) is 17.5. The molecule has 0 spiro atoms. The van der Waals surface area contributed by atoms with Gasteiger partial charge in [-0.15, -0.1) is 0 Å². The Balaban J connectivity index is 1.71. The van der Waals surface area contributed by atoms with Crippen LogP contribution in [0.2, 0.25) is 0 Å². The Bertz CT molecular complexity index is 1010. The number of piperazine rings is 1. The summed E-state index contributed by atoms with van der Waals surface area (Å²) in [6, 6.07) is 4.31. The summed E-state index contributed by atoms with van der Waals surface area (Å²) >= 11 is 0. The second kappa shape index (κ2) is 12.9. The van der Waals surface area contributed by atoms with Crippen LogP contribution in [0.5, 0.6) is 0 Å². The molecule has 2 aliphatic rings. The van der Waals surface area contributed by atoms with Crippen molar-refractivity contribution in [2.45, 2.75) is 46.1 Å². The molecule has 4 rings (SSSR count). The van der Waals surface area contributed by atoms with Crippen LogP contribution in [0.15, 0.2) is 18.3 Å². The second-order valence-electron chi connectivity index (χ2n) is 9.68.